The predicted octanol–water partition coefficient (Wildman–Crippen LogP) is 0.0687. The van der Waals surface area contributed by atoms with Crippen LogP contribution < -0.4 is 5.32 Å². The second-order valence-electron chi connectivity index (χ2n) is 4.12. The maximum atomic E-state index is 12.3. The van der Waals surface area contributed by atoms with Crippen molar-refractivity contribution in [2.75, 3.05) is 13.1 Å². The molecule has 0 spiro atoms. The maximum absolute atomic E-state index is 12.3. The van der Waals surface area contributed by atoms with E-state index < -0.39 is 0 Å². The van der Waals surface area contributed by atoms with Crippen LogP contribution in [-0.4, -0.2) is 46.0 Å². The molecule has 2 rings (SSSR count). The van der Waals surface area contributed by atoms with Gasteiger partial charge in [-0.25, -0.2) is 0 Å². The molecule has 0 aliphatic carbocycles. The summed E-state index contributed by atoms with van der Waals surface area (Å²) >= 11 is 0. The highest BCUT2D eigenvalue weighted by Crippen LogP contribution is 2.14. The smallest absolute Gasteiger partial charge is 0.258 e. The van der Waals surface area contributed by atoms with Crippen molar-refractivity contribution in [2.24, 2.45) is 0 Å². The first-order valence-corrected chi connectivity index (χ1v) is 5.73. The van der Waals surface area contributed by atoms with E-state index in [-0.39, 0.29) is 17.9 Å². The highest BCUT2D eigenvalue weighted by Gasteiger charge is 2.32. The molecule has 0 saturated carbocycles. The molecule has 1 aromatic heterocycles. The first-order valence-electron chi connectivity index (χ1n) is 5.73. The summed E-state index contributed by atoms with van der Waals surface area (Å²) in [6.07, 6.45) is 2.13. The molecular weight excluding hydrogens is 220 g/mol. The van der Waals surface area contributed by atoms with Gasteiger partial charge >= 0.3 is 0 Å². The summed E-state index contributed by atoms with van der Waals surface area (Å²) in [5.74, 6) is -0.203. The summed E-state index contributed by atoms with van der Waals surface area (Å²) in [4.78, 5) is 25.6. The van der Waals surface area contributed by atoms with Gasteiger partial charge in [0.2, 0.25) is 5.91 Å². The molecule has 1 aromatic rings. The van der Waals surface area contributed by atoms with Crippen LogP contribution in [-0.2, 0) is 4.79 Å². The summed E-state index contributed by atoms with van der Waals surface area (Å²) in [6.45, 7) is 4.76. The van der Waals surface area contributed by atoms with Gasteiger partial charge in [-0.2, -0.15) is 5.10 Å². The zero-order valence-corrected chi connectivity index (χ0v) is 9.99. The van der Waals surface area contributed by atoms with Crippen LogP contribution in [0.4, 0.5) is 0 Å². The molecular formula is C11H16N4O2. The Morgan fingerprint density at radius 1 is 1.65 bits per heavy atom. The predicted molar refractivity (Wildman–Crippen MR) is 61.4 cm³/mol. The molecule has 6 heteroatoms. The summed E-state index contributed by atoms with van der Waals surface area (Å²) in [7, 11) is 0. The Labute approximate surface area is 99.4 Å². The maximum Gasteiger partial charge on any atom is 0.258 e. The third-order valence-corrected chi connectivity index (χ3v) is 3.04. The molecule has 0 aromatic carbocycles. The van der Waals surface area contributed by atoms with Crippen molar-refractivity contribution in [3.8, 4) is 0 Å². The van der Waals surface area contributed by atoms with Crippen LogP contribution in [0, 0.1) is 6.92 Å². The van der Waals surface area contributed by atoms with Gasteiger partial charge in [0.15, 0.2) is 0 Å². The molecule has 1 fully saturated rings. The van der Waals surface area contributed by atoms with E-state index in [2.05, 4.69) is 15.5 Å². The molecule has 2 heterocycles. The molecule has 1 unspecified atom stereocenters. The third-order valence-electron chi connectivity index (χ3n) is 3.04. The number of carbonyl (C=O) groups is 2. The lowest BCUT2D eigenvalue weighted by atomic mass is 10.1. The van der Waals surface area contributed by atoms with Crippen LogP contribution in [0.1, 0.15) is 29.4 Å². The molecule has 17 heavy (non-hydrogen) atoms. The number of aromatic nitrogens is 2. The molecule has 2 amide bonds. The lowest BCUT2D eigenvalue weighted by molar-refractivity contribution is -0.127. The van der Waals surface area contributed by atoms with Gasteiger partial charge in [0.25, 0.3) is 5.91 Å². The van der Waals surface area contributed by atoms with Crippen molar-refractivity contribution in [3.05, 3.63) is 17.5 Å². The SMILES string of the molecule is CCC1C(=O)NCCN1C(=O)c1cn[nH]c1C. The number of hydrogen-bond acceptors (Lipinski definition) is 3. The first-order chi connectivity index (χ1) is 8.15. The van der Waals surface area contributed by atoms with Gasteiger partial charge in [0.1, 0.15) is 6.04 Å². The Kier molecular flexibility index (Phi) is 3.12. The number of nitrogens with zero attached hydrogens (tertiary/aromatic N) is 2. The van der Waals surface area contributed by atoms with Crippen molar-refractivity contribution in [1.29, 1.82) is 0 Å². The van der Waals surface area contributed by atoms with E-state index in [4.69, 9.17) is 0 Å². The van der Waals surface area contributed by atoms with Crippen LogP contribution in [0.2, 0.25) is 0 Å². The minimum absolute atomic E-state index is 0.0757. The third kappa shape index (κ3) is 2.02. The molecule has 1 saturated heterocycles. The number of nitrogens with one attached hydrogen (secondary N) is 2. The van der Waals surface area contributed by atoms with Crippen molar-refractivity contribution < 1.29 is 9.59 Å². The summed E-state index contributed by atoms with van der Waals surface area (Å²) < 4.78 is 0. The van der Waals surface area contributed by atoms with Gasteiger partial charge in [0, 0.05) is 18.8 Å². The van der Waals surface area contributed by atoms with Crippen LogP contribution in [0.3, 0.4) is 0 Å². The van der Waals surface area contributed by atoms with Crippen molar-refractivity contribution in [2.45, 2.75) is 26.3 Å². The number of aryl methyl sites for hydroxylation is 1. The molecule has 1 atom stereocenters. The Bertz CT molecular complexity index is 440. The molecule has 0 radical (unpaired) electrons. The lowest BCUT2D eigenvalue weighted by Gasteiger charge is -2.34. The van der Waals surface area contributed by atoms with E-state index in [9.17, 15) is 9.59 Å². The van der Waals surface area contributed by atoms with Gasteiger partial charge < -0.3 is 10.2 Å². The number of carbonyl (C=O) groups excluding carboxylic acids is 2. The number of amides is 2. The summed E-state index contributed by atoms with van der Waals surface area (Å²) in [5, 5.41) is 9.34. The minimum Gasteiger partial charge on any atom is -0.353 e. The van der Waals surface area contributed by atoms with E-state index in [1.165, 1.54) is 6.20 Å². The second kappa shape index (κ2) is 4.57. The topological polar surface area (TPSA) is 78.1 Å². The molecule has 6 nitrogen and oxygen atoms in total. The van der Waals surface area contributed by atoms with Crippen molar-refractivity contribution in [1.82, 2.24) is 20.4 Å². The molecule has 1 aliphatic heterocycles. The average Bonchev–Trinajstić information content (AvgIpc) is 2.74. The van der Waals surface area contributed by atoms with E-state index >= 15 is 0 Å². The number of piperazine rings is 1. The van der Waals surface area contributed by atoms with Gasteiger partial charge in [-0.3, -0.25) is 14.7 Å². The van der Waals surface area contributed by atoms with Crippen LogP contribution in [0.5, 0.6) is 0 Å². The fourth-order valence-corrected chi connectivity index (χ4v) is 2.08. The number of rotatable bonds is 2. The van der Waals surface area contributed by atoms with Crippen LogP contribution in [0.25, 0.3) is 0 Å². The quantitative estimate of drug-likeness (QED) is 0.762. The van der Waals surface area contributed by atoms with Crippen LogP contribution >= 0.6 is 0 Å². The van der Waals surface area contributed by atoms with Gasteiger partial charge in [0.05, 0.1) is 11.8 Å². The van der Waals surface area contributed by atoms with Crippen molar-refractivity contribution >= 4 is 11.8 Å². The fraction of sp³-hybridized carbons (Fsp3) is 0.545. The largest absolute Gasteiger partial charge is 0.353 e. The zero-order valence-electron chi connectivity index (χ0n) is 9.99. The Morgan fingerprint density at radius 2 is 2.41 bits per heavy atom. The van der Waals surface area contributed by atoms with Crippen LogP contribution in [0.15, 0.2) is 6.20 Å². The number of hydrogen-bond donors (Lipinski definition) is 2. The first kappa shape index (κ1) is 11.6. The van der Waals surface area contributed by atoms with E-state index in [0.717, 1.165) is 5.69 Å². The minimum atomic E-state index is -0.370. The van der Waals surface area contributed by atoms with Gasteiger partial charge in [-0.1, -0.05) is 6.92 Å². The summed E-state index contributed by atoms with van der Waals surface area (Å²) in [6, 6.07) is -0.370. The fourth-order valence-electron chi connectivity index (χ4n) is 2.08. The van der Waals surface area contributed by atoms with Gasteiger partial charge in [-0.05, 0) is 13.3 Å². The number of H-pyrrole nitrogens is 1. The van der Waals surface area contributed by atoms with Gasteiger partial charge in [-0.15, -0.1) is 0 Å². The Hall–Kier alpha value is -1.85. The van der Waals surface area contributed by atoms with E-state index in [1.54, 1.807) is 11.8 Å². The monoisotopic (exact) mass is 236 g/mol. The average molecular weight is 236 g/mol. The normalized spacial score (nSPS) is 20.2. The highest BCUT2D eigenvalue weighted by molar-refractivity contribution is 5.98. The molecule has 92 valence electrons. The zero-order chi connectivity index (χ0) is 12.4. The van der Waals surface area contributed by atoms with Crippen molar-refractivity contribution in [3.63, 3.8) is 0 Å². The number of aromatic amines is 1. The highest BCUT2D eigenvalue weighted by atomic mass is 16.2. The molecule has 0 bridgehead atoms. The second-order valence-corrected chi connectivity index (χ2v) is 4.12. The Morgan fingerprint density at radius 3 is 3.00 bits per heavy atom. The Balaban J connectivity index is 2.24. The molecule has 1 aliphatic rings. The van der Waals surface area contributed by atoms with E-state index in [1.807, 2.05) is 6.92 Å². The molecule has 2 N–H and O–H groups in total. The lowest BCUT2D eigenvalue weighted by Crippen LogP contribution is -2.56. The standard InChI is InChI=1S/C11H16N4O2/c1-3-9-10(16)12-4-5-15(9)11(17)8-6-13-14-7(8)2/h6,9H,3-5H2,1-2H3,(H,12,16)(H,13,14). The van der Waals surface area contributed by atoms with E-state index in [0.29, 0.717) is 25.1 Å². The summed E-state index contributed by atoms with van der Waals surface area (Å²) in [5.41, 5.74) is 1.27.